The molecule has 0 heterocycles. The molecule has 0 radical (unpaired) electrons. The van der Waals surface area contributed by atoms with Crippen LogP contribution in [0.25, 0.3) is 0 Å². The van der Waals surface area contributed by atoms with Crippen LogP contribution in [-0.2, 0) is 25.6 Å². The number of hydrogen-bond donors (Lipinski definition) is 1. The van der Waals surface area contributed by atoms with Crippen LogP contribution in [0.15, 0.2) is 53.4 Å². The fourth-order valence-electron chi connectivity index (χ4n) is 1.74. The van der Waals surface area contributed by atoms with E-state index in [0.717, 1.165) is 5.56 Å². The van der Waals surface area contributed by atoms with E-state index in [1.165, 1.54) is 19.2 Å². The summed E-state index contributed by atoms with van der Waals surface area (Å²) in [6, 6.07) is 12.7. The topological polar surface area (TPSA) is 81.7 Å². The van der Waals surface area contributed by atoms with Gasteiger partial charge in [0.1, 0.15) is 10.6 Å². The monoisotopic (exact) mass is 341 g/mol. The molecule has 22 heavy (non-hydrogen) atoms. The normalized spacial score (nSPS) is 12.6. The molecule has 0 aliphatic rings. The molecule has 2 rings (SSSR count). The summed E-state index contributed by atoms with van der Waals surface area (Å²) in [6.07, 6.45) is 0. The molecule has 0 spiro atoms. The molecular weight excluding hydrogens is 326 g/mol. The zero-order chi connectivity index (χ0) is 16.2. The minimum absolute atomic E-state index is 0.123. The molecule has 0 bridgehead atoms. The van der Waals surface area contributed by atoms with Gasteiger partial charge in [0, 0.05) is 0 Å². The van der Waals surface area contributed by atoms with Crippen molar-refractivity contribution in [2.45, 2.75) is 11.8 Å². The summed E-state index contributed by atoms with van der Waals surface area (Å²) < 4.78 is 48.4. The summed E-state index contributed by atoms with van der Waals surface area (Å²) in [4.78, 5) is -0.123. The van der Waals surface area contributed by atoms with Gasteiger partial charge in [0.25, 0.3) is 11.3 Å². The van der Waals surface area contributed by atoms with Crippen LogP contribution in [-0.4, -0.2) is 19.7 Å². The van der Waals surface area contributed by atoms with E-state index >= 15 is 0 Å². The van der Waals surface area contributed by atoms with Gasteiger partial charge in [-0.05, 0) is 36.8 Å². The van der Waals surface area contributed by atoms with Crippen molar-refractivity contribution in [1.29, 1.82) is 0 Å². The molecule has 1 N–H and O–H groups in total. The van der Waals surface area contributed by atoms with E-state index < -0.39 is 21.4 Å². The fourth-order valence-corrected chi connectivity index (χ4v) is 3.33. The van der Waals surface area contributed by atoms with Crippen molar-refractivity contribution in [1.82, 2.24) is 0 Å². The fraction of sp³-hybridized carbons (Fsp3) is 0.143. The first-order chi connectivity index (χ1) is 10.4. The highest BCUT2D eigenvalue weighted by molar-refractivity contribution is 7.87. The highest BCUT2D eigenvalue weighted by Gasteiger charge is 2.21. The van der Waals surface area contributed by atoms with Gasteiger partial charge in [0.2, 0.25) is 0 Å². The van der Waals surface area contributed by atoms with Crippen LogP contribution in [0.5, 0.6) is 5.75 Å². The van der Waals surface area contributed by atoms with Crippen LogP contribution in [0.2, 0.25) is 0 Å². The number of nitrogens with one attached hydrogen (secondary N) is 1. The van der Waals surface area contributed by atoms with E-state index in [2.05, 4.69) is 8.91 Å². The van der Waals surface area contributed by atoms with Crippen molar-refractivity contribution >= 4 is 27.1 Å². The van der Waals surface area contributed by atoms with E-state index in [-0.39, 0.29) is 16.3 Å². The first-order valence-electron chi connectivity index (χ1n) is 6.25. The molecular formula is C14H15NO5S2. The maximum atomic E-state index is 12.4. The van der Waals surface area contributed by atoms with Gasteiger partial charge in [-0.15, -0.1) is 0 Å². The van der Waals surface area contributed by atoms with Gasteiger partial charge >= 0.3 is 10.1 Å². The molecule has 0 aromatic heterocycles. The van der Waals surface area contributed by atoms with E-state index in [4.69, 9.17) is 4.18 Å². The van der Waals surface area contributed by atoms with E-state index in [1.807, 2.05) is 13.0 Å². The molecule has 1 atom stereocenters. The predicted octanol–water partition coefficient (Wildman–Crippen LogP) is 2.40. The Morgan fingerprint density at radius 2 is 1.82 bits per heavy atom. The summed E-state index contributed by atoms with van der Waals surface area (Å²) >= 11 is -1.84. The summed E-state index contributed by atoms with van der Waals surface area (Å²) in [5.74, 6) is 0.211. The lowest BCUT2D eigenvalue weighted by atomic mass is 10.2. The largest absolute Gasteiger partial charge is 0.379 e. The van der Waals surface area contributed by atoms with Gasteiger partial charge in [-0.25, -0.2) is 4.21 Å². The standard InChI is InChI=1S/C14H15NO5S2/c1-11-6-5-7-12(10-11)20-22(17,18)14-9-4-3-8-13(14)15-21(16)19-2/h3-10,15H,1-2H3. The SMILES string of the molecule is COS(=O)Nc1ccccc1S(=O)(=O)Oc1cccc(C)c1. The first kappa shape index (κ1) is 16.5. The molecule has 0 aliphatic carbocycles. The maximum Gasteiger partial charge on any atom is 0.341 e. The highest BCUT2D eigenvalue weighted by atomic mass is 32.2. The minimum Gasteiger partial charge on any atom is -0.379 e. The van der Waals surface area contributed by atoms with Gasteiger partial charge < -0.3 is 4.18 Å². The lowest BCUT2D eigenvalue weighted by molar-refractivity contribution is 0.449. The molecule has 2 aromatic carbocycles. The number of rotatable bonds is 6. The van der Waals surface area contributed by atoms with Crippen molar-refractivity contribution < 1.29 is 21.0 Å². The third-order valence-corrected chi connectivity index (χ3v) is 4.69. The summed E-state index contributed by atoms with van der Waals surface area (Å²) in [6.45, 7) is 1.83. The van der Waals surface area contributed by atoms with Crippen molar-refractivity contribution in [3.05, 3.63) is 54.1 Å². The molecule has 0 saturated carbocycles. The van der Waals surface area contributed by atoms with Gasteiger partial charge in [-0.3, -0.25) is 8.91 Å². The van der Waals surface area contributed by atoms with Gasteiger partial charge in [0.15, 0.2) is 0 Å². The number of benzene rings is 2. The number of aryl methyl sites for hydroxylation is 1. The summed E-state index contributed by atoms with van der Waals surface area (Å²) in [5, 5.41) is 0. The Bertz CT molecular complexity index is 789. The average Bonchev–Trinajstić information content (AvgIpc) is 2.47. The Morgan fingerprint density at radius 3 is 2.50 bits per heavy atom. The lowest BCUT2D eigenvalue weighted by Gasteiger charge is -2.12. The lowest BCUT2D eigenvalue weighted by Crippen LogP contribution is -2.14. The predicted molar refractivity (Wildman–Crippen MR) is 84.2 cm³/mol. The Morgan fingerprint density at radius 1 is 1.09 bits per heavy atom. The van der Waals surface area contributed by atoms with E-state index in [0.29, 0.717) is 0 Å². The summed E-state index contributed by atoms with van der Waals surface area (Å²) in [7, 11) is -2.83. The van der Waals surface area contributed by atoms with Crippen LogP contribution in [0.3, 0.4) is 0 Å². The van der Waals surface area contributed by atoms with E-state index in [9.17, 15) is 12.6 Å². The Labute approximate surface area is 132 Å². The van der Waals surface area contributed by atoms with E-state index in [1.54, 1.807) is 30.3 Å². The second-order valence-corrected chi connectivity index (χ2v) is 6.88. The molecule has 0 aliphatic heterocycles. The number of anilines is 1. The molecule has 8 heteroatoms. The van der Waals surface area contributed by atoms with Crippen LogP contribution < -0.4 is 8.91 Å². The Hall–Kier alpha value is -1.90. The zero-order valence-corrected chi connectivity index (χ0v) is 13.6. The zero-order valence-electron chi connectivity index (χ0n) is 12.0. The van der Waals surface area contributed by atoms with Crippen LogP contribution in [0, 0.1) is 6.92 Å². The van der Waals surface area contributed by atoms with Gasteiger partial charge in [-0.1, -0.05) is 24.3 Å². The summed E-state index contributed by atoms with van der Waals surface area (Å²) in [5.41, 5.74) is 1.01. The third kappa shape index (κ3) is 4.06. The molecule has 0 fully saturated rings. The molecule has 6 nitrogen and oxygen atoms in total. The third-order valence-electron chi connectivity index (χ3n) is 2.70. The molecule has 1 unspecified atom stereocenters. The van der Waals surface area contributed by atoms with Crippen molar-refractivity contribution in [3.63, 3.8) is 0 Å². The smallest absolute Gasteiger partial charge is 0.341 e. The highest BCUT2D eigenvalue weighted by Crippen LogP contribution is 2.25. The van der Waals surface area contributed by atoms with Crippen molar-refractivity contribution in [3.8, 4) is 5.75 Å². The van der Waals surface area contributed by atoms with Crippen LogP contribution in [0.4, 0.5) is 5.69 Å². The Kier molecular flexibility index (Phi) is 5.17. The molecule has 0 saturated heterocycles. The maximum absolute atomic E-state index is 12.4. The van der Waals surface area contributed by atoms with Gasteiger partial charge in [0.05, 0.1) is 12.8 Å². The first-order valence-corrected chi connectivity index (χ1v) is 8.74. The Balaban J connectivity index is 2.35. The second kappa shape index (κ2) is 6.91. The van der Waals surface area contributed by atoms with Crippen LogP contribution in [0.1, 0.15) is 5.56 Å². The number of hydrogen-bond acceptors (Lipinski definition) is 5. The second-order valence-electron chi connectivity index (χ2n) is 4.35. The van der Waals surface area contributed by atoms with Crippen molar-refractivity contribution in [2.24, 2.45) is 0 Å². The van der Waals surface area contributed by atoms with Crippen molar-refractivity contribution in [2.75, 3.05) is 11.8 Å². The van der Waals surface area contributed by atoms with Crippen LogP contribution >= 0.6 is 0 Å². The number of para-hydroxylation sites is 1. The quantitative estimate of drug-likeness (QED) is 0.816. The molecule has 118 valence electrons. The minimum atomic E-state index is -4.07. The molecule has 2 aromatic rings. The van der Waals surface area contributed by atoms with Gasteiger partial charge in [-0.2, -0.15) is 8.42 Å². The average molecular weight is 341 g/mol. The molecule has 0 amide bonds.